The first-order chi connectivity index (χ1) is 7.26. The quantitative estimate of drug-likeness (QED) is 0.803. The molecule has 1 heterocycles. The summed E-state index contributed by atoms with van der Waals surface area (Å²) >= 11 is 0. The number of nitrogens with zero attached hydrogens (tertiary/aromatic N) is 1. The van der Waals surface area contributed by atoms with Crippen LogP contribution in [0.3, 0.4) is 0 Å². The minimum absolute atomic E-state index is 0.155. The molecule has 2 aromatic rings. The third-order valence-corrected chi connectivity index (χ3v) is 2.66. The summed E-state index contributed by atoms with van der Waals surface area (Å²) in [5, 5.41) is 19.5. The Labute approximate surface area is 88.6 Å². The summed E-state index contributed by atoms with van der Waals surface area (Å²) in [6.45, 7) is 3.06. The Morgan fingerprint density at radius 2 is 2.07 bits per heavy atom. The largest absolute Gasteiger partial charge is 0.508 e. The number of aromatic nitrogens is 1. The fourth-order valence-corrected chi connectivity index (χ4v) is 2.00. The van der Waals surface area contributed by atoms with Crippen molar-refractivity contribution in [3.05, 3.63) is 30.0 Å². The summed E-state index contributed by atoms with van der Waals surface area (Å²) < 4.78 is 2.12. The molecule has 0 saturated carbocycles. The van der Waals surface area contributed by atoms with Crippen LogP contribution in [0.1, 0.15) is 12.6 Å². The van der Waals surface area contributed by atoms with E-state index in [0.29, 0.717) is 6.42 Å². The van der Waals surface area contributed by atoms with Gasteiger partial charge in [0.1, 0.15) is 5.75 Å². The van der Waals surface area contributed by atoms with Crippen LogP contribution in [0.25, 0.3) is 10.9 Å². The third-order valence-electron chi connectivity index (χ3n) is 2.66. The molecule has 80 valence electrons. The van der Waals surface area contributed by atoms with Crippen LogP contribution in [0.2, 0.25) is 0 Å². The predicted molar refractivity (Wildman–Crippen MR) is 60.1 cm³/mol. The van der Waals surface area contributed by atoms with Gasteiger partial charge in [-0.1, -0.05) is 0 Å². The van der Waals surface area contributed by atoms with Crippen molar-refractivity contribution in [2.75, 3.05) is 6.61 Å². The van der Waals surface area contributed by atoms with Gasteiger partial charge in [-0.2, -0.15) is 0 Å². The van der Waals surface area contributed by atoms with Gasteiger partial charge in [-0.25, -0.2) is 0 Å². The molecule has 1 aromatic carbocycles. The fraction of sp³-hybridized carbons (Fsp3) is 0.333. The summed E-state index contributed by atoms with van der Waals surface area (Å²) in [6, 6.07) is 7.41. The number of benzene rings is 1. The first-order valence-electron chi connectivity index (χ1n) is 5.18. The van der Waals surface area contributed by atoms with E-state index in [9.17, 15) is 5.11 Å². The van der Waals surface area contributed by atoms with E-state index in [1.807, 2.05) is 6.07 Å². The van der Waals surface area contributed by atoms with Gasteiger partial charge in [-0.05, 0) is 25.1 Å². The lowest BCUT2D eigenvalue weighted by atomic mass is 10.2. The zero-order valence-electron chi connectivity index (χ0n) is 8.77. The Balaban J connectivity index is 2.63. The molecule has 0 saturated heterocycles. The van der Waals surface area contributed by atoms with Gasteiger partial charge >= 0.3 is 0 Å². The number of fused-ring (bicyclic) bond motifs is 1. The summed E-state index contributed by atoms with van der Waals surface area (Å²) in [4.78, 5) is 0. The highest BCUT2D eigenvalue weighted by molar-refractivity contribution is 5.82. The molecule has 1 aromatic heterocycles. The van der Waals surface area contributed by atoms with E-state index in [1.54, 1.807) is 12.1 Å². The van der Waals surface area contributed by atoms with Crippen molar-refractivity contribution >= 4 is 10.9 Å². The number of rotatable bonds is 3. The Morgan fingerprint density at radius 3 is 2.73 bits per heavy atom. The van der Waals surface area contributed by atoms with Crippen LogP contribution in [0.5, 0.6) is 5.75 Å². The number of aliphatic hydroxyl groups is 1. The van der Waals surface area contributed by atoms with Gasteiger partial charge in [0.15, 0.2) is 0 Å². The SMILES string of the molecule is CCn1c(CCO)cc2ccc(O)cc21. The van der Waals surface area contributed by atoms with Crippen LogP contribution in [0.4, 0.5) is 0 Å². The molecular weight excluding hydrogens is 190 g/mol. The lowest BCUT2D eigenvalue weighted by Crippen LogP contribution is -2.02. The monoisotopic (exact) mass is 205 g/mol. The fourth-order valence-electron chi connectivity index (χ4n) is 2.00. The highest BCUT2D eigenvalue weighted by atomic mass is 16.3. The molecule has 0 atom stereocenters. The molecule has 0 aliphatic carbocycles. The molecule has 0 radical (unpaired) electrons. The summed E-state index contributed by atoms with van der Waals surface area (Å²) in [7, 11) is 0. The molecule has 0 aliphatic rings. The van der Waals surface area contributed by atoms with E-state index in [4.69, 9.17) is 5.11 Å². The number of phenols is 1. The Hall–Kier alpha value is -1.48. The molecule has 3 nitrogen and oxygen atoms in total. The van der Waals surface area contributed by atoms with Gasteiger partial charge in [0.25, 0.3) is 0 Å². The zero-order chi connectivity index (χ0) is 10.8. The molecule has 3 heteroatoms. The van der Waals surface area contributed by atoms with Crippen LogP contribution in [0, 0.1) is 0 Å². The summed E-state index contributed by atoms with van der Waals surface area (Å²) in [6.07, 6.45) is 0.656. The second-order valence-corrected chi connectivity index (χ2v) is 3.60. The molecule has 2 rings (SSSR count). The van der Waals surface area contributed by atoms with Gasteiger partial charge in [-0.3, -0.25) is 0 Å². The number of hydrogen-bond donors (Lipinski definition) is 2. The molecule has 2 N–H and O–H groups in total. The minimum atomic E-state index is 0.155. The molecule has 0 fully saturated rings. The van der Waals surface area contributed by atoms with Gasteiger partial charge in [-0.15, -0.1) is 0 Å². The van der Waals surface area contributed by atoms with Crippen LogP contribution in [-0.4, -0.2) is 21.4 Å². The maximum absolute atomic E-state index is 9.43. The van der Waals surface area contributed by atoms with Crippen LogP contribution >= 0.6 is 0 Å². The Morgan fingerprint density at radius 1 is 1.27 bits per heavy atom. The van der Waals surface area contributed by atoms with Crippen molar-refractivity contribution in [3.63, 3.8) is 0 Å². The lowest BCUT2D eigenvalue weighted by molar-refractivity contribution is 0.296. The average molecular weight is 205 g/mol. The molecule has 0 aliphatic heterocycles. The lowest BCUT2D eigenvalue weighted by Gasteiger charge is -2.06. The van der Waals surface area contributed by atoms with Crippen LogP contribution in [-0.2, 0) is 13.0 Å². The highest BCUT2D eigenvalue weighted by Gasteiger charge is 2.07. The maximum Gasteiger partial charge on any atom is 0.117 e. The van der Waals surface area contributed by atoms with Gasteiger partial charge < -0.3 is 14.8 Å². The number of phenolic OH excluding ortho intramolecular Hbond substituents is 1. The van der Waals surface area contributed by atoms with Gasteiger partial charge in [0.05, 0.1) is 5.52 Å². The van der Waals surface area contributed by atoms with Crippen molar-refractivity contribution in [2.24, 2.45) is 0 Å². The highest BCUT2D eigenvalue weighted by Crippen LogP contribution is 2.24. The summed E-state index contributed by atoms with van der Waals surface area (Å²) in [5.41, 5.74) is 2.14. The number of aromatic hydroxyl groups is 1. The minimum Gasteiger partial charge on any atom is -0.508 e. The van der Waals surface area contributed by atoms with E-state index < -0.39 is 0 Å². The van der Waals surface area contributed by atoms with Crippen molar-refractivity contribution in [1.82, 2.24) is 4.57 Å². The van der Waals surface area contributed by atoms with Crippen molar-refractivity contribution in [1.29, 1.82) is 0 Å². The predicted octanol–water partition coefficient (Wildman–Crippen LogP) is 1.90. The van der Waals surface area contributed by atoms with Crippen LogP contribution < -0.4 is 0 Å². The average Bonchev–Trinajstić information content (AvgIpc) is 2.55. The first kappa shape index (κ1) is 10.1. The Kier molecular flexibility index (Phi) is 2.64. The van der Waals surface area contributed by atoms with E-state index in [1.165, 1.54) is 0 Å². The standard InChI is InChI=1S/C12H15NO2/c1-2-13-10(5-6-14)7-9-3-4-11(15)8-12(9)13/h3-4,7-8,14-15H,2,5-6H2,1H3. The number of aliphatic hydroxyl groups excluding tert-OH is 1. The molecule has 0 spiro atoms. The van der Waals surface area contributed by atoms with E-state index in [2.05, 4.69) is 17.6 Å². The normalized spacial score (nSPS) is 11.1. The van der Waals surface area contributed by atoms with Crippen molar-refractivity contribution in [3.8, 4) is 5.75 Å². The molecule has 0 amide bonds. The second-order valence-electron chi connectivity index (χ2n) is 3.60. The van der Waals surface area contributed by atoms with Gasteiger partial charge in [0, 0.05) is 36.7 Å². The molecule has 0 bridgehead atoms. The van der Waals surface area contributed by atoms with Gasteiger partial charge in [0.2, 0.25) is 0 Å². The Bertz CT molecular complexity index is 474. The van der Waals surface area contributed by atoms with Crippen molar-refractivity contribution < 1.29 is 10.2 Å². The molecular formula is C12H15NO2. The maximum atomic E-state index is 9.43. The van der Waals surface area contributed by atoms with E-state index in [0.717, 1.165) is 23.1 Å². The second kappa shape index (κ2) is 3.95. The topological polar surface area (TPSA) is 45.4 Å². The third kappa shape index (κ3) is 1.70. The number of aryl methyl sites for hydroxylation is 1. The molecule has 15 heavy (non-hydrogen) atoms. The van der Waals surface area contributed by atoms with Crippen molar-refractivity contribution in [2.45, 2.75) is 19.9 Å². The zero-order valence-corrected chi connectivity index (χ0v) is 8.77. The van der Waals surface area contributed by atoms with E-state index >= 15 is 0 Å². The summed E-state index contributed by atoms with van der Waals surface area (Å²) in [5.74, 6) is 0.283. The molecule has 0 unspecified atom stereocenters. The van der Waals surface area contributed by atoms with E-state index in [-0.39, 0.29) is 12.4 Å². The van der Waals surface area contributed by atoms with Crippen LogP contribution in [0.15, 0.2) is 24.3 Å². The first-order valence-corrected chi connectivity index (χ1v) is 5.18. The number of hydrogen-bond acceptors (Lipinski definition) is 2. The smallest absolute Gasteiger partial charge is 0.117 e.